The highest BCUT2D eigenvalue weighted by Crippen LogP contribution is 2.42. The van der Waals surface area contributed by atoms with Gasteiger partial charge in [-0.25, -0.2) is 0 Å². The van der Waals surface area contributed by atoms with E-state index in [4.69, 9.17) is 14.2 Å². The molecular formula is C31H28N2O5. The predicted octanol–water partition coefficient (Wildman–Crippen LogP) is 6.23. The molecule has 38 heavy (non-hydrogen) atoms. The van der Waals surface area contributed by atoms with Crippen molar-refractivity contribution in [2.24, 2.45) is 5.92 Å². The SMILES string of the molecule is COc1ccc(C2C(C(=O)Nc3ccc(Oc4ccccc4)cc3)CC(=O)N2c2ccc(OC)cc2)cc1. The number of carbonyl (C=O) groups is 2. The van der Waals surface area contributed by atoms with E-state index in [9.17, 15) is 9.59 Å². The van der Waals surface area contributed by atoms with Gasteiger partial charge in [0.25, 0.3) is 0 Å². The largest absolute Gasteiger partial charge is 0.497 e. The zero-order chi connectivity index (χ0) is 26.5. The lowest BCUT2D eigenvalue weighted by molar-refractivity contribution is -0.122. The molecule has 7 nitrogen and oxygen atoms in total. The van der Waals surface area contributed by atoms with Gasteiger partial charge in [0.1, 0.15) is 23.0 Å². The highest BCUT2D eigenvalue weighted by molar-refractivity contribution is 6.04. The van der Waals surface area contributed by atoms with Crippen LogP contribution in [-0.4, -0.2) is 26.0 Å². The average molecular weight is 509 g/mol. The first-order valence-electron chi connectivity index (χ1n) is 12.3. The van der Waals surface area contributed by atoms with E-state index in [2.05, 4.69) is 5.32 Å². The molecular weight excluding hydrogens is 480 g/mol. The van der Waals surface area contributed by atoms with Crippen molar-refractivity contribution in [1.82, 2.24) is 0 Å². The maximum absolute atomic E-state index is 13.6. The third-order valence-electron chi connectivity index (χ3n) is 6.57. The van der Waals surface area contributed by atoms with E-state index >= 15 is 0 Å². The summed E-state index contributed by atoms with van der Waals surface area (Å²) in [6, 6.07) is 30.9. The van der Waals surface area contributed by atoms with Crippen LogP contribution in [0, 0.1) is 5.92 Å². The Kier molecular flexibility index (Phi) is 7.26. The van der Waals surface area contributed by atoms with Crippen molar-refractivity contribution in [3.63, 3.8) is 0 Å². The van der Waals surface area contributed by atoms with Crippen LogP contribution < -0.4 is 24.4 Å². The Hall–Kier alpha value is -4.78. The van der Waals surface area contributed by atoms with E-state index < -0.39 is 12.0 Å². The monoisotopic (exact) mass is 508 g/mol. The second kappa shape index (κ2) is 11.1. The maximum atomic E-state index is 13.6. The van der Waals surface area contributed by atoms with Gasteiger partial charge in [0.2, 0.25) is 11.8 Å². The fourth-order valence-corrected chi connectivity index (χ4v) is 4.67. The molecule has 4 aromatic rings. The lowest BCUT2D eigenvalue weighted by Gasteiger charge is -2.28. The van der Waals surface area contributed by atoms with Crippen LogP contribution in [0.25, 0.3) is 0 Å². The number of nitrogens with zero attached hydrogens (tertiary/aromatic N) is 1. The summed E-state index contributed by atoms with van der Waals surface area (Å²) >= 11 is 0. The lowest BCUT2D eigenvalue weighted by atomic mass is 9.92. The molecule has 1 aliphatic heterocycles. The summed E-state index contributed by atoms with van der Waals surface area (Å²) in [5.41, 5.74) is 2.17. The van der Waals surface area contributed by atoms with E-state index in [0.29, 0.717) is 28.6 Å². The Morgan fingerprint density at radius 2 is 1.29 bits per heavy atom. The predicted molar refractivity (Wildman–Crippen MR) is 146 cm³/mol. The molecule has 0 bridgehead atoms. The van der Waals surface area contributed by atoms with E-state index in [1.165, 1.54) is 0 Å². The summed E-state index contributed by atoms with van der Waals surface area (Å²) in [7, 11) is 3.20. The molecule has 0 spiro atoms. The summed E-state index contributed by atoms with van der Waals surface area (Å²) in [6.07, 6.45) is 0.0871. The fourth-order valence-electron chi connectivity index (χ4n) is 4.67. The number of ether oxygens (including phenoxy) is 3. The molecule has 1 heterocycles. The number of methoxy groups -OCH3 is 2. The normalized spacial score (nSPS) is 16.7. The molecule has 1 saturated heterocycles. The Morgan fingerprint density at radius 3 is 1.89 bits per heavy atom. The Bertz CT molecular complexity index is 1390. The lowest BCUT2D eigenvalue weighted by Crippen LogP contribution is -2.32. The zero-order valence-corrected chi connectivity index (χ0v) is 21.2. The topological polar surface area (TPSA) is 77.1 Å². The van der Waals surface area contributed by atoms with Crippen LogP contribution in [0.1, 0.15) is 18.0 Å². The number of amides is 2. The Morgan fingerprint density at radius 1 is 0.737 bits per heavy atom. The van der Waals surface area contributed by atoms with E-state index in [1.807, 2.05) is 66.7 Å². The molecule has 0 aliphatic carbocycles. The number of carbonyl (C=O) groups excluding carboxylic acids is 2. The van der Waals surface area contributed by atoms with E-state index in [0.717, 1.165) is 11.3 Å². The second-order valence-corrected chi connectivity index (χ2v) is 8.92. The standard InChI is InChI=1S/C31H28N2O5/c1-36-24-14-8-21(9-15-24)30-28(20-29(34)33(30)23-12-18-25(37-2)19-13-23)31(35)32-22-10-16-27(17-11-22)38-26-6-4-3-5-7-26/h3-19,28,30H,20H2,1-2H3,(H,32,35). The molecule has 0 saturated carbocycles. The Balaban J connectivity index is 1.39. The highest BCUT2D eigenvalue weighted by Gasteiger charge is 2.45. The molecule has 0 aromatic heterocycles. The molecule has 0 radical (unpaired) electrons. The van der Waals surface area contributed by atoms with Crippen LogP contribution >= 0.6 is 0 Å². The summed E-state index contributed by atoms with van der Waals surface area (Å²) in [5.74, 6) is 1.83. The quantitative estimate of drug-likeness (QED) is 0.305. The van der Waals surface area contributed by atoms with Crippen molar-refractivity contribution < 1.29 is 23.8 Å². The first-order chi connectivity index (χ1) is 18.6. The fraction of sp³-hybridized carbons (Fsp3) is 0.161. The van der Waals surface area contributed by atoms with Crippen molar-refractivity contribution in [2.75, 3.05) is 24.4 Å². The average Bonchev–Trinajstić information content (AvgIpc) is 3.31. The smallest absolute Gasteiger partial charge is 0.230 e. The second-order valence-electron chi connectivity index (χ2n) is 8.92. The molecule has 2 atom stereocenters. The van der Waals surface area contributed by atoms with Crippen LogP contribution in [0.3, 0.4) is 0 Å². The van der Waals surface area contributed by atoms with Gasteiger partial charge in [-0.3, -0.25) is 9.59 Å². The number of benzene rings is 4. The molecule has 5 rings (SSSR count). The number of hydrogen-bond donors (Lipinski definition) is 1. The Labute approximate surface area is 221 Å². The van der Waals surface area contributed by atoms with Crippen LogP contribution in [0.2, 0.25) is 0 Å². The first-order valence-corrected chi connectivity index (χ1v) is 12.3. The van der Waals surface area contributed by atoms with Gasteiger partial charge in [0.05, 0.1) is 26.2 Å². The first kappa shape index (κ1) is 24.9. The maximum Gasteiger partial charge on any atom is 0.230 e. The zero-order valence-electron chi connectivity index (χ0n) is 21.2. The number of rotatable bonds is 8. The summed E-state index contributed by atoms with van der Waals surface area (Å²) in [5, 5.41) is 2.99. The molecule has 7 heteroatoms. The van der Waals surface area contributed by atoms with Crippen molar-refractivity contribution in [1.29, 1.82) is 0 Å². The molecule has 2 amide bonds. The van der Waals surface area contributed by atoms with Crippen LogP contribution in [-0.2, 0) is 9.59 Å². The van der Waals surface area contributed by atoms with Gasteiger partial charge in [-0.15, -0.1) is 0 Å². The molecule has 192 valence electrons. The van der Waals surface area contributed by atoms with Crippen LogP contribution in [0.5, 0.6) is 23.0 Å². The van der Waals surface area contributed by atoms with Crippen LogP contribution in [0.4, 0.5) is 11.4 Å². The highest BCUT2D eigenvalue weighted by atomic mass is 16.5. The summed E-state index contributed by atoms with van der Waals surface area (Å²) < 4.78 is 16.4. The van der Waals surface area contributed by atoms with Crippen molar-refractivity contribution in [3.05, 3.63) is 109 Å². The minimum absolute atomic E-state index is 0.0871. The number of anilines is 2. The van der Waals surface area contributed by atoms with Gasteiger partial charge >= 0.3 is 0 Å². The summed E-state index contributed by atoms with van der Waals surface area (Å²) in [6.45, 7) is 0. The van der Waals surface area contributed by atoms with Gasteiger partial charge in [0, 0.05) is 17.8 Å². The van der Waals surface area contributed by atoms with E-state index in [-0.39, 0.29) is 18.2 Å². The minimum Gasteiger partial charge on any atom is -0.497 e. The van der Waals surface area contributed by atoms with Gasteiger partial charge in [0.15, 0.2) is 0 Å². The molecule has 1 aliphatic rings. The molecule has 1 fully saturated rings. The van der Waals surface area contributed by atoms with Crippen molar-refractivity contribution >= 4 is 23.2 Å². The molecule has 4 aromatic carbocycles. The number of hydrogen-bond acceptors (Lipinski definition) is 5. The van der Waals surface area contributed by atoms with Crippen molar-refractivity contribution in [3.8, 4) is 23.0 Å². The minimum atomic E-state index is -0.599. The molecule has 1 N–H and O–H groups in total. The van der Waals surface area contributed by atoms with Crippen LogP contribution in [0.15, 0.2) is 103 Å². The van der Waals surface area contributed by atoms with Gasteiger partial charge < -0.3 is 24.4 Å². The third kappa shape index (κ3) is 5.32. The van der Waals surface area contributed by atoms with Gasteiger partial charge in [-0.2, -0.15) is 0 Å². The van der Waals surface area contributed by atoms with Gasteiger partial charge in [-0.05, 0) is 78.4 Å². The van der Waals surface area contributed by atoms with Gasteiger partial charge in [-0.1, -0.05) is 30.3 Å². The summed E-state index contributed by atoms with van der Waals surface area (Å²) in [4.78, 5) is 28.5. The third-order valence-corrected chi connectivity index (χ3v) is 6.57. The molecule has 2 unspecified atom stereocenters. The number of para-hydroxylation sites is 1. The number of nitrogens with one attached hydrogen (secondary N) is 1. The van der Waals surface area contributed by atoms with Crippen molar-refractivity contribution in [2.45, 2.75) is 12.5 Å². The van der Waals surface area contributed by atoms with E-state index in [1.54, 1.807) is 55.5 Å².